The second kappa shape index (κ2) is 8.47. The number of esters is 1. The van der Waals surface area contributed by atoms with Crippen LogP contribution in [0.15, 0.2) is 48.5 Å². The van der Waals surface area contributed by atoms with Crippen LogP contribution in [-0.2, 0) is 10.2 Å². The number of para-hydroxylation sites is 1. The summed E-state index contributed by atoms with van der Waals surface area (Å²) in [5.41, 5.74) is 1.20. The van der Waals surface area contributed by atoms with E-state index < -0.39 is 12.0 Å². The van der Waals surface area contributed by atoms with Crippen molar-refractivity contribution >= 4 is 17.7 Å². The molecule has 2 aromatic rings. The molecule has 0 aliphatic carbocycles. The number of hydrogen-bond donors (Lipinski definition) is 2. The molecule has 0 aromatic heterocycles. The van der Waals surface area contributed by atoms with Gasteiger partial charge in [-0.25, -0.2) is 14.0 Å². The first kappa shape index (κ1) is 19.4. The Morgan fingerprint density at radius 3 is 2.38 bits per heavy atom. The van der Waals surface area contributed by atoms with Gasteiger partial charge in [0, 0.05) is 12.0 Å². The Morgan fingerprint density at radius 2 is 1.73 bits per heavy atom. The van der Waals surface area contributed by atoms with E-state index in [0.717, 1.165) is 5.56 Å². The highest BCUT2D eigenvalue weighted by atomic mass is 19.1. The van der Waals surface area contributed by atoms with Crippen molar-refractivity contribution < 1.29 is 18.7 Å². The van der Waals surface area contributed by atoms with Crippen molar-refractivity contribution in [2.45, 2.75) is 26.2 Å². The molecule has 2 aromatic carbocycles. The van der Waals surface area contributed by atoms with Crippen molar-refractivity contribution in [2.75, 3.05) is 18.5 Å². The highest BCUT2D eigenvalue weighted by Gasteiger charge is 2.22. The Labute approximate surface area is 152 Å². The predicted octanol–water partition coefficient (Wildman–Crippen LogP) is 4.10. The van der Waals surface area contributed by atoms with Crippen LogP contribution < -0.4 is 10.6 Å². The molecule has 0 fully saturated rings. The number of carbonyl (C=O) groups is 2. The molecule has 26 heavy (non-hydrogen) atoms. The fourth-order valence-corrected chi connectivity index (χ4v) is 2.45. The van der Waals surface area contributed by atoms with Gasteiger partial charge in [0.15, 0.2) is 0 Å². The highest BCUT2D eigenvalue weighted by Crippen LogP contribution is 2.22. The van der Waals surface area contributed by atoms with Gasteiger partial charge in [0.25, 0.3) is 0 Å². The van der Waals surface area contributed by atoms with Gasteiger partial charge in [0.05, 0.1) is 17.9 Å². The Hall–Kier alpha value is -2.89. The predicted molar refractivity (Wildman–Crippen MR) is 98.8 cm³/mol. The summed E-state index contributed by atoms with van der Waals surface area (Å²) >= 11 is 0. The fourth-order valence-electron chi connectivity index (χ4n) is 2.45. The third-order valence-electron chi connectivity index (χ3n) is 3.99. The number of benzene rings is 2. The minimum Gasteiger partial charge on any atom is -0.462 e. The van der Waals surface area contributed by atoms with Gasteiger partial charge in [-0.05, 0) is 36.8 Å². The number of urea groups is 1. The molecule has 5 nitrogen and oxygen atoms in total. The lowest BCUT2D eigenvalue weighted by atomic mass is 9.84. The van der Waals surface area contributed by atoms with E-state index in [1.165, 1.54) is 12.1 Å². The van der Waals surface area contributed by atoms with E-state index in [4.69, 9.17) is 4.74 Å². The van der Waals surface area contributed by atoms with Crippen LogP contribution in [-0.4, -0.2) is 25.2 Å². The van der Waals surface area contributed by atoms with Gasteiger partial charge >= 0.3 is 12.0 Å². The second-order valence-electron chi connectivity index (χ2n) is 6.46. The van der Waals surface area contributed by atoms with E-state index >= 15 is 0 Å². The molecule has 0 bridgehead atoms. The average Bonchev–Trinajstić information content (AvgIpc) is 2.61. The molecular formula is C20H23FN2O3. The third kappa shape index (κ3) is 5.05. The Bertz CT molecular complexity index is 773. The van der Waals surface area contributed by atoms with E-state index in [-0.39, 0.29) is 17.8 Å². The minimum atomic E-state index is -0.491. The Kier molecular flexibility index (Phi) is 6.33. The van der Waals surface area contributed by atoms with E-state index in [9.17, 15) is 14.0 Å². The molecule has 6 heteroatoms. The molecule has 0 aliphatic heterocycles. The van der Waals surface area contributed by atoms with Gasteiger partial charge in [-0.15, -0.1) is 0 Å². The summed E-state index contributed by atoms with van der Waals surface area (Å²) in [6.45, 7) is 6.22. The summed E-state index contributed by atoms with van der Waals surface area (Å²) in [7, 11) is 0. The molecule has 0 unspecified atom stereocenters. The van der Waals surface area contributed by atoms with Crippen LogP contribution in [0.2, 0.25) is 0 Å². The van der Waals surface area contributed by atoms with Crippen LogP contribution >= 0.6 is 0 Å². The van der Waals surface area contributed by atoms with Crippen LogP contribution in [0, 0.1) is 5.82 Å². The molecule has 0 aliphatic rings. The minimum absolute atomic E-state index is 0.255. The van der Waals surface area contributed by atoms with Crippen molar-refractivity contribution in [1.82, 2.24) is 5.32 Å². The van der Waals surface area contributed by atoms with E-state index in [2.05, 4.69) is 10.6 Å². The van der Waals surface area contributed by atoms with Crippen LogP contribution in [0.25, 0.3) is 0 Å². The molecular weight excluding hydrogens is 335 g/mol. The van der Waals surface area contributed by atoms with Crippen LogP contribution in [0.5, 0.6) is 0 Å². The van der Waals surface area contributed by atoms with Gasteiger partial charge in [0.1, 0.15) is 5.82 Å². The quantitative estimate of drug-likeness (QED) is 0.764. The lowest BCUT2D eigenvalue weighted by Gasteiger charge is -2.25. The third-order valence-corrected chi connectivity index (χ3v) is 3.99. The molecule has 138 valence electrons. The molecule has 0 radical (unpaired) electrons. The second-order valence-corrected chi connectivity index (χ2v) is 6.46. The summed E-state index contributed by atoms with van der Waals surface area (Å²) in [6, 6.07) is 12.4. The zero-order valence-electron chi connectivity index (χ0n) is 15.1. The van der Waals surface area contributed by atoms with Gasteiger partial charge < -0.3 is 15.4 Å². The van der Waals surface area contributed by atoms with Crippen molar-refractivity contribution in [3.63, 3.8) is 0 Å². The number of ether oxygens (including phenoxy) is 1. The van der Waals surface area contributed by atoms with Gasteiger partial charge in [-0.3, -0.25) is 0 Å². The van der Waals surface area contributed by atoms with Crippen LogP contribution in [0.4, 0.5) is 14.9 Å². The van der Waals surface area contributed by atoms with Gasteiger partial charge in [-0.1, -0.05) is 38.1 Å². The lowest BCUT2D eigenvalue weighted by molar-refractivity contribution is 0.0527. The number of rotatable bonds is 6. The first-order valence-electron chi connectivity index (χ1n) is 8.40. The topological polar surface area (TPSA) is 67.4 Å². The molecule has 0 saturated carbocycles. The summed E-state index contributed by atoms with van der Waals surface area (Å²) in [4.78, 5) is 24.2. The summed E-state index contributed by atoms with van der Waals surface area (Å²) in [5.74, 6) is -0.791. The van der Waals surface area contributed by atoms with Crippen molar-refractivity contribution in [2.24, 2.45) is 0 Å². The molecule has 2 N–H and O–H groups in total. The molecule has 0 spiro atoms. The normalized spacial score (nSPS) is 10.9. The number of hydrogen-bond acceptors (Lipinski definition) is 3. The van der Waals surface area contributed by atoms with Gasteiger partial charge in [0.2, 0.25) is 0 Å². The van der Waals surface area contributed by atoms with Crippen molar-refractivity contribution in [3.05, 3.63) is 65.5 Å². The molecule has 0 saturated heterocycles. The molecule has 0 atom stereocenters. The fraction of sp³-hybridized carbons (Fsp3) is 0.300. The van der Waals surface area contributed by atoms with E-state index in [1.54, 1.807) is 43.3 Å². The maximum atomic E-state index is 13.1. The zero-order valence-corrected chi connectivity index (χ0v) is 15.1. The van der Waals surface area contributed by atoms with Crippen LogP contribution in [0.3, 0.4) is 0 Å². The summed E-state index contributed by atoms with van der Waals surface area (Å²) in [6.07, 6.45) is 0. The maximum absolute atomic E-state index is 13.1. The average molecular weight is 358 g/mol. The summed E-state index contributed by atoms with van der Waals surface area (Å²) < 4.78 is 18.1. The monoisotopic (exact) mass is 358 g/mol. The molecule has 2 rings (SSSR count). The Morgan fingerprint density at radius 1 is 1.08 bits per heavy atom. The number of anilines is 1. The molecule has 0 heterocycles. The molecule has 2 amide bonds. The number of amides is 2. The number of nitrogens with one attached hydrogen (secondary N) is 2. The zero-order chi connectivity index (χ0) is 19.2. The van der Waals surface area contributed by atoms with Crippen molar-refractivity contribution in [1.29, 1.82) is 0 Å². The smallest absolute Gasteiger partial charge is 0.340 e. The van der Waals surface area contributed by atoms with Gasteiger partial charge in [-0.2, -0.15) is 0 Å². The highest BCUT2D eigenvalue weighted by molar-refractivity contribution is 6.00. The van der Waals surface area contributed by atoms with Crippen LogP contribution in [0.1, 0.15) is 36.7 Å². The maximum Gasteiger partial charge on any atom is 0.340 e. The number of halogens is 1. The summed E-state index contributed by atoms with van der Waals surface area (Å²) in [5, 5.41) is 5.46. The first-order valence-corrected chi connectivity index (χ1v) is 8.40. The first-order chi connectivity index (χ1) is 12.3. The van der Waals surface area contributed by atoms with Crippen molar-refractivity contribution in [3.8, 4) is 0 Å². The Balaban J connectivity index is 2.01. The van der Waals surface area contributed by atoms with E-state index in [0.29, 0.717) is 17.8 Å². The van der Waals surface area contributed by atoms with E-state index in [1.807, 2.05) is 13.8 Å². The SMILES string of the molecule is CCOC(=O)c1ccccc1NC(=O)NCC(C)(C)c1ccc(F)cc1. The largest absolute Gasteiger partial charge is 0.462 e. The standard InChI is InChI=1S/C20H23FN2O3/c1-4-26-18(24)16-7-5-6-8-17(16)23-19(25)22-13-20(2,3)14-9-11-15(21)12-10-14/h5-12H,4,13H2,1-3H3,(H2,22,23,25). The number of carbonyl (C=O) groups excluding carboxylic acids is 2. The lowest BCUT2D eigenvalue weighted by Crippen LogP contribution is -2.39.